The topological polar surface area (TPSA) is 85.0 Å². The zero-order chi connectivity index (χ0) is 13.7. The van der Waals surface area contributed by atoms with Gasteiger partial charge in [-0.15, -0.1) is 0 Å². The minimum atomic E-state index is -0.384. The molecular formula is C12H15N5O2. The van der Waals surface area contributed by atoms with Crippen molar-refractivity contribution in [2.45, 2.75) is 6.54 Å². The second-order valence-corrected chi connectivity index (χ2v) is 3.94. The average molecular weight is 261 g/mol. The average Bonchev–Trinajstić information content (AvgIpc) is 2.91. The number of nitro groups is 1. The van der Waals surface area contributed by atoms with E-state index < -0.39 is 0 Å². The molecule has 0 atom stereocenters. The van der Waals surface area contributed by atoms with Gasteiger partial charge >= 0.3 is 5.69 Å². The molecule has 0 radical (unpaired) electrons. The normalized spacial score (nSPS) is 10.2. The Labute approximate surface area is 110 Å². The molecule has 0 aliphatic rings. The first kappa shape index (κ1) is 12.9. The van der Waals surface area contributed by atoms with Gasteiger partial charge in [-0.2, -0.15) is 0 Å². The highest BCUT2D eigenvalue weighted by molar-refractivity contribution is 5.75. The molecule has 0 spiro atoms. The second kappa shape index (κ2) is 5.85. The van der Waals surface area contributed by atoms with Crippen molar-refractivity contribution < 1.29 is 4.92 Å². The lowest BCUT2D eigenvalue weighted by molar-refractivity contribution is -0.383. The summed E-state index contributed by atoms with van der Waals surface area (Å²) in [5.74, 6) is 0. The third kappa shape index (κ3) is 3.01. The molecule has 0 saturated carbocycles. The van der Waals surface area contributed by atoms with Gasteiger partial charge in [0.05, 0.1) is 11.3 Å². The Bertz CT molecular complexity index is 553. The predicted octanol–water partition coefficient (Wildman–Crippen LogP) is 1.95. The van der Waals surface area contributed by atoms with Crippen LogP contribution in [0.3, 0.4) is 0 Å². The molecule has 0 aliphatic carbocycles. The Morgan fingerprint density at radius 1 is 1.42 bits per heavy atom. The summed E-state index contributed by atoms with van der Waals surface area (Å²) in [5, 5.41) is 17.0. The molecule has 2 N–H and O–H groups in total. The lowest BCUT2D eigenvalue weighted by atomic mass is 10.2. The standard InChI is InChI=1S/C12H15N5O2/c1-13-10-3-2-4-11(12(10)17(18)19)15-6-8-16-7-5-14-9-16/h2-5,7,9,13,15H,6,8H2,1H3. The van der Waals surface area contributed by atoms with Crippen LogP contribution < -0.4 is 10.6 Å². The minimum Gasteiger partial charge on any atom is -0.382 e. The third-order valence-corrected chi connectivity index (χ3v) is 2.73. The van der Waals surface area contributed by atoms with E-state index in [0.29, 0.717) is 24.5 Å². The van der Waals surface area contributed by atoms with Crippen molar-refractivity contribution in [1.29, 1.82) is 0 Å². The molecule has 1 aromatic carbocycles. The van der Waals surface area contributed by atoms with E-state index in [0.717, 1.165) is 0 Å². The summed E-state index contributed by atoms with van der Waals surface area (Å²) in [4.78, 5) is 14.7. The number of aromatic nitrogens is 2. The summed E-state index contributed by atoms with van der Waals surface area (Å²) in [6.07, 6.45) is 5.25. The molecule has 0 saturated heterocycles. The fourth-order valence-electron chi connectivity index (χ4n) is 1.82. The van der Waals surface area contributed by atoms with Crippen molar-refractivity contribution in [2.75, 3.05) is 24.2 Å². The van der Waals surface area contributed by atoms with E-state index >= 15 is 0 Å². The quantitative estimate of drug-likeness (QED) is 0.613. The number of benzene rings is 1. The highest BCUT2D eigenvalue weighted by Gasteiger charge is 2.18. The predicted molar refractivity (Wildman–Crippen MR) is 73.4 cm³/mol. The number of nitrogens with one attached hydrogen (secondary N) is 2. The van der Waals surface area contributed by atoms with Crippen LogP contribution in [0.5, 0.6) is 0 Å². The lowest BCUT2D eigenvalue weighted by Crippen LogP contribution is -2.11. The van der Waals surface area contributed by atoms with Crippen LogP contribution in [-0.2, 0) is 6.54 Å². The Morgan fingerprint density at radius 2 is 2.21 bits per heavy atom. The molecule has 0 unspecified atom stereocenters. The number of hydrogen-bond donors (Lipinski definition) is 2. The molecule has 19 heavy (non-hydrogen) atoms. The molecule has 2 rings (SSSR count). The van der Waals surface area contributed by atoms with E-state index in [-0.39, 0.29) is 10.6 Å². The molecule has 0 bridgehead atoms. The number of imidazole rings is 1. The SMILES string of the molecule is CNc1cccc(NCCn2ccnc2)c1[N+](=O)[O-]. The first-order valence-corrected chi connectivity index (χ1v) is 5.87. The summed E-state index contributed by atoms with van der Waals surface area (Å²) in [6.45, 7) is 1.28. The van der Waals surface area contributed by atoms with E-state index in [4.69, 9.17) is 0 Å². The number of rotatable bonds is 6. The van der Waals surface area contributed by atoms with Crippen LogP contribution in [0, 0.1) is 10.1 Å². The van der Waals surface area contributed by atoms with Gasteiger partial charge in [0, 0.05) is 32.5 Å². The largest absolute Gasteiger partial charge is 0.382 e. The Morgan fingerprint density at radius 3 is 2.84 bits per heavy atom. The van der Waals surface area contributed by atoms with Gasteiger partial charge in [0.1, 0.15) is 11.4 Å². The molecule has 2 aromatic rings. The zero-order valence-electron chi connectivity index (χ0n) is 10.5. The zero-order valence-corrected chi connectivity index (χ0v) is 10.5. The van der Waals surface area contributed by atoms with Crippen molar-refractivity contribution in [3.05, 3.63) is 47.0 Å². The highest BCUT2D eigenvalue weighted by Crippen LogP contribution is 2.32. The Balaban J connectivity index is 2.09. The maximum atomic E-state index is 11.1. The van der Waals surface area contributed by atoms with Crippen molar-refractivity contribution in [3.8, 4) is 0 Å². The van der Waals surface area contributed by atoms with Crippen LogP contribution in [0.2, 0.25) is 0 Å². The molecule has 0 amide bonds. The molecular weight excluding hydrogens is 246 g/mol. The fourth-order valence-corrected chi connectivity index (χ4v) is 1.82. The summed E-state index contributed by atoms with van der Waals surface area (Å²) >= 11 is 0. The number of nitrogens with zero attached hydrogens (tertiary/aromatic N) is 3. The van der Waals surface area contributed by atoms with Crippen molar-refractivity contribution in [1.82, 2.24) is 9.55 Å². The van der Waals surface area contributed by atoms with E-state index in [2.05, 4.69) is 15.6 Å². The van der Waals surface area contributed by atoms with Crippen LogP contribution in [0.1, 0.15) is 0 Å². The summed E-state index contributed by atoms with van der Waals surface area (Å²) in [5.41, 5.74) is 1.07. The van der Waals surface area contributed by atoms with Crippen molar-refractivity contribution >= 4 is 17.1 Å². The van der Waals surface area contributed by atoms with Crippen LogP contribution in [0.4, 0.5) is 17.1 Å². The molecule has 1 aromatic heterocycles. The smallest absolute Gasteiger partial charge is 0.315 e. The maximum absolute atomic E-state index is 11.1. The van der Waals surface area contributed by atoms with Gasteiger partial charge in [-0.1, -0.05) is 6.07 Å². The molecule has 0 aliphatic heterocycles. The molecule has 0 fully saturated rings. The van der Waals surface area contributed by atoms with Gasteiger partial charge in [0.2, 0.25) is 0 Å². The number of hydrogen-bond acceptors (Lipinski definition) is 5. The van der Waals surface area contributed by atoms with Crippen LogP contribution >= 0.6 is 0 Å². The fraction of sp³-hybridized carbons (Fsp3) is 0.250. The van der Waals surface area contributed by atoms with Crippen molar-refractivity contribution in [2.24, 2.45) is 0 Å². The summed E-state index contributed by atoms with van der Waals surface area (Å²) in [7, 11) is 1.66. The van der Waals surface area contributed by atoms with E-state index in [1.807, 2.05) is 10.8 Å². The van der Waals surface area contributed by atoms with Crippen LogP contribution in [0.25, 0.3) is 0 Å². The van der Waals surface area contributed by atoms with Gasteiger partial charge < -0.3 is 15.2 Å². The minimum absolute atomic E-state index is 0.0654. The third-order valence-electron chi connectivity index (χ3n) is 2.73. The highest BCUT2D eigenvalue weighted by atomic mass is 16.6. The number of nitro benzene ring substituents is 1. The molecule has 7 nitrogen and oxygen atoms in total. The Hall–Kier alpha value is -2.57. The van der Waals surface area contributed by atoms with Gasteiger partial charge in [-0.3, -0.25) is 10.1 Å². The first-order chi connectivity index (χ1) is 9.22. The van der Waals surface area contributed by atoms with Gasteiger partial charge in [-0.25, -0.2) is 4.98 Å². The molecule has 100 valence electrons. The van der Waals surface area contributed by atoms with Crippen LogP contribution in [-0.4, -0.2) is 28.1 Å². The monoisotopic (exact) mass is 261 g/mol. The number of para-hydroxylation sites is 1. The van der Waals surface area contributed by atoms with Gasteiger partial charge in [0.15, 0.2) is 0 Å². The van der Waals surface area contributed by atoms with E-state index in [9.17, 15) is 10.1 Å². The van der Waals surface area contributed by atoms with E-state index in [1.54, 1.807) is 37.8 Å². The van der Waals surface area contributed by atoms with Gasteiger partial charge in [0.25, 0.3) is 0 Å². The van der Waals surface area contributed by atoms with E-state index in [1.165, 1.54) is 0 Å². The van der Waals surface area contributed by atoms with Crippen LogP contribution in [0.15, 0.2) is 36.9 Å². The first-order valence-electron chi connectivity index (χ1n) is 5.87. The number of anilines is 2. The van der Waals surface area contributed by atoms with Crippen molar-refractivity contribution in [3.63, 3.8) is 0 Å². The molecule has 1 heterocycles. The summed E-state index contributed by atoms with van der Waals surface area (Å²) < 4.78 is 1.90. The summed E-state index contributed by atoms with van der Waals surface area (Å²) in [6, 6.07) is 5.16. The lowest BCUT2D eigenvalue weighted by Gasteiger charge is -2.10. The molecule has 7 heteroatoms. The van der Waals surface area contributed by atoms with Gasteiger partial charge in [-0.05, 0) is 12.1 Å². The Kier molecular flexibility index (Phi) is 3.97. The second-order valence-electron chi connectivity index (χ2n) is 3.94. The maximum Gasteiger partial charge on any atom is 0.315 e.